The van der Waals surface area contributed by atoms with Crippen molar-refractivity contribution in [1.29, 1.82) is 0 Å². The van der Waals surface area contributed by atoms with Gasteiger partial charge in [-0.05, 0) is 39.5 Å². The third-order valence-corrected chi connectivity index (χ3v) is 3.61. The SMILES string of the molecule is COC(=O)NC(C(=O)N1CCCC1C(=O)OC(C)(C)C)C(C)C. The zero-order valence-electron chi connectivity index (χ0n) is 14.8. The summed E-state index contributed by atoms with van der Waals surface area (Å²) in [5, 5.41) is 2.55. The van der Waals surface area contributed by atoms with E-state index in [1.165, 1.54) is 12.0 Å². The lowest BCUT2D eigenvalue weighted by Gasteiger charge is -2.31. The lowest BCUT2D eigenvalue weighted by molar-refractivity contribution is -0.163. The van der Waals surface area contributed by atoms with E-state index in [1.807, 2.05) is 13.8 Å². The van der Waals surface area contributed by atoms with Crippen LogP contribution < -0.4 is 5.32 Å². The third kappa shape index (κ3) is 5.41. The molecule has 0 aromatic carbocycles. The van der Waals surface area contributed by atoms with Crippen LogP contribution in [0.15, 0.2) is 0 Å². The van der Waals surface area contributed by atoms with E-state index in [0.717, 1.165) is 6.42 Å². The summed E-state index contributed by atoms with van der Waals surface area (Å²) < 4.78 is 9.97. The second-order valence-corrected chi connectivity index (χ2v) is 7.08. The van der Waals surface area contributed by atoms with Crippen LogP contribution in [0.4, 0.5) is 4.79 Å². The normalized spacial score (nSPS) is 19.4. The summed E-state index contributed by atoms with van der Waals surface area (Å²) in [6, 6.07) is -1.33. The standard InChI is InChI=1S/C16H28N2O5/c1-10(2)12(17-15(21)22-6)13(19)18-9-7-8-11(18)14(20)23-16(3,4)5/h10-12H,7-9H2,1-6H3,(H,17,21). The van der Waals surface area contributed by atoms with Gasteiger partial charge in [-0.2, -0.15) is 0 Å². The molecule has 0 bridgehead atoms. The molecule has 1 aliphatic rings. The van der Waals surface area contributed by atoms with Crippen molar-refractivity contribution in [3.63, 3.8) is 0 Å². The Kier molecular flexibility index (Phi) is 6.41. The van der Waals surface area contributed by atoms with Gasteiger partial charge < -0.3 is 19.7 Å². The van der Waals surface area contributed by atoms with Gasteiger partial charge in [-0.3, -0.25) is 4.79 Å². The van der Waals surface area contributed by atoms with Gasteiger partial charge in [0.25, 0.3) is 0 Å². The van der Waals surface area contributed by atoms with Crippen LogP contribution in [0, 0.1) is 5.92 Å². The summed E-state index contributed by atoms with van der Waals surface area (Å²) >= 11 is 0. The summed E-state index contributed by atoms with van der Waals surface area (Å²) in [6.07, 6.45) is 0.646. The van der Waals surface area contributed by atoms with Crippen LogP contribution in [-0.4, -0.2) is 54.2 Å². The first-order valence-corrected chi connectivity index (χ1v) is 7.94. The van der Waals surface area contributed by atoms with Gasteiger partial charge in [0, 0.05) is 6.54 Å². The molecule has 1 fully saturated rings. The minimum absolute atomic E-state index is 0.124. The fourth-order valence-corrected chi connectivity index (χ4v) is 2.52. The first-order valence-electron chi connectivity index (χ1n) is 7.94. The van der Waals surface area contributed by atoms with Crippen LogP contribution in [0.5, 0.6) is 0 Å². The highest BCUT2D eigenvalue weighted by Crippen LogP contribution is 2.23. The zero-order valence-corrected chi connectivity index (χ0v) is 14.8. The van der Waals surface area contributed by atoms with Crippen molar-refractivity contribution in [1.82, 2.24) is 10.2 Å². The van der Waals surface area contributed by atoms with Crippen LogP contribution >= 0.6 is 0 Å². The van der Waals surface area contributed by atoms with E-state index in [2.05, 4.69) is 10.1 Å². The topological polar surface area (TPSA) is 84.9 Å². The van der Waals surface area contributed by atoms with Crippen molar-refractivity contribution in [2.24, 2.45) is 5.92 Å². The quantitative estimate of drug-likeness (QED) is 0.794. The number of carbonyl (C=O) groups is 3. The molecule has 132 valence electrons. The van der Waals surface area contributed by atoms with Gasteiger partial charge in [0.1, 0.15) is 17.7 Å². The van der Waals surface area contributed by atoms with Crippen molar-refractivity contribution < 1.29 is 23.9 Å². The first kappa shape index (κ1) is 19.3. The van der Waals surface area contributed by atoms with Crippen molar-refractivity contribution in [2.75, 3.05) is 13.7 Å². The van der Waals surface area contributed by atoms with E-state index < -0.39 is 29.7 Å². The molecule has 1 saturated heterocycles. The molecule has 2 amide bonds. The predicted molar refractivity (Wildman–Crippen MR) is 84.7 cm³/mol. The Bertz CT molecular complexity index is 456. The molecule has 0 spiro atoms. The number of ether oxygens (including phenoxy) is 2. The smallest absolute Gasteiger partial charge is 0.407 e. The number of esters is 1. The summed E-state index contributed by atoms with van der Waals surface area (Å²) in [4.78, 5) is 38.0. The number of nitrogens with zero attached hydrogens (tertiary/aromatic N) is 1. The molecule has 2 atom stereocenters. The predicted octanol–water partition coefficient (Wildman–Crippen LogP) is 1.70. The largest absolute Gasteiger partial charge is 0.458 e. The second-order valence-electron chi connectivity index (χ2n) is 7.08. The lowest BCUT2D eigenvalue weighted by Crippen LogP contribution is -2.54. The van der Waals surface area contributed by atoms with Gasteiger partial charge in [0.15, 0.2) is 0 Å². The summed E-state index contributed by atoms with van der Waals surface area (Å²) in [6.45, 7) is 9.52. The number of nitrogens with one attached hydrogen (secondary N) is 1. The fraction of sp³-hybridized carbons (Fsp3) is 0.812. The molecule has 7 nitrogen and oxygen atoms in total. The van der Waals surface area contributed by atoms with Crippen molar-refractivity contribution in [2.45, 2.75) is 65.1 Å². The van der Waals surface area contributed by atoms with E-state index in [0.29, 0.717) is 13.0 Å². The molecule has 1 N–H and O–H groups in total. The fourth-order valence-electron chi connectivity index (χ4n) is 2.52. The molecule has 23 heavy (non-hydrogen) atoms. The summed E-state index contributed by atoms with van der Waals surface area (Å²) in [5.74, 6) is -0.802. The number of carbonyl (C=O) groups excluding carboxylic acids is 3. The third-order valence-electron chi connectivity index (χ3n) is 3.61. The highest BCUT2D eigenvalue weighted by molar-refractivity contribution is 5.90. The lowest BCUT2D eigenvalue weighted by atomic mass is 10.0. The molecule has 0 saturated carbocycles. The Morgan fingerprint density at radius 2 is 1.83 bits per heavy atom. The Labute approximate surface area is 137 Å². The van der Waals surface area contributed by atoms with Crippen LogP contribution in [0.25, 0.3) is 0 Å². The molecule has 7 heteroatoms. The number of likely N-dealkylation sites (tertiary alicyclic amines) is 1. The number of hydrogen-bond acceptors (Lipinski definition) is 5. The minimum Gasteiger partial charge on any atom is -0.458 e. The highest BCUT2D eigenvalue weighted by Gasteiger charge is 2.40. The van der Waals surface area contributed by atoms with Gasteiger partial charge in [-0.25, -0.2) is 9.59 Å². The maximum atomic E-state index is 12.8. The van der Waals surface area contributed by atoms with E-state index in [-0.39, 0.29) is 11.8 Å². The Hall–Kier alpha value is -1.79. The molecular formula is C16H28N2O5. The van der Waals surface area contributed by atoms with Gasteiger partial charge >= 0.3 is 12.1 Å². The van der Waals surface area contributed by atoms with Crippen LogP contribution in [0.1, 0.15) is 47.5 Å². The highest BCUT2D eigenvalue weighted by atomic mass is 16.6. The van der Waals surface area contributed by atoms with E-state index in [9.17, 15) is 14.4 Å². The van der Waals surface area contributed by atoms with Gasteiger partial charge in [-0.15, -0.1) is 0 Å². The van der Waals surface area contributed by atoms with Gasteiger partial charge in [0.2, 0.25) is 5.91 Å². The molecule has 0 aliphatic carbocycles. The Morgan fingerprint density at radius 1 is 1.22 bits per heavy atom. The van der Waals surface area contributed by atoms with Crippen LogP contribution in [0.3, 0.4) is 0 Å². The van der Waals surface area contributed by atoms with Crippen LogP contribution in [0.2, 0.25) is 0 Å². The number of amides is 2. The molecule has 0 aromatic heterocycles. The second kappa shape index (κ2) is 7.66. The molecule has 1 rings (SSSR count). The zero-order chi connectivity index (χ0) is 17.8. The van der Waals surface area contributed by atoms with Gasteiger partial charge in [0.05, 0.1) is 7.11 Å². The maximum Gasteiger partial charge on any atom is 0.407 e. The average Bonchev–Trinajstić information content (AvgIpc) is 2.90. The van der Waals surface area contributed by atoms with Crippen molar-refractivity contribution >= 4 is 18.0 Å². The molecule has 0 aromatic rings. The number of methoxy groups -OCH3 is 1. The van der Waals surface area contributed by atoms with E-state index >= 15 is 0 Å². The number of alkyl carbamates (subject to hydrolysis) is 1. The van der Waals surface area contributed by atoms with E-state index in [4.69, 9.17) is 4.74 Å². The molecule has 0 radical (unpaired) electrons. The summed E-state index contributed by atoms with van der Waals surface area (Å²) in [5.41, 5.74) is -0.601. The Morgan fingerprint density at radius 3 is 2.30 bits per heavy atom. The minimum atomic E-state index is -0.731. The summed E-state index contributed by atoms with van der Waals surface area (Å²) in [7, 11) is 1.25. The molecule has 2 unspecified atom stereocenters. The number of hydrogen-bond donors (Lipinski definition) is 1. The average molecular weight is 328 g/mol. The van der Waals surface area contributed by atoms with Crippen molar-refractivity contribution in [3.05, 3.63) is 0 Å². The maximum absolute atomic E-state index is 12.8. The Balaban J connectivity index is 2.86. The van der Waals surface area contributed by atoms with Crippen molar-refractivity contribution in [3.8, 4) is 0 Å². The molecular weight excluding hydrogens is 300 g/mol. The first-order chi connectivity index (χ1) is 10.6. The van der Waals surface area contributed by atoms with E-state index in [1.54, 1.807) is 20.8 Å². The molecule has 1 aliphatic heterocycles. The number of rotatable bonds is 4. The molecule has 1 heterocycles. The van der Waals surface area contributed by atoms with Gasteiger partial charge in [-0.1, -0.05) is 13.8 Å². The van der Waals surface area contributed by atoms with Crippen LogP contribution in [-0.2, 0) is 19.1 Å². The monoisotopic (exact) mass is 328 g/mol.